The quantitative estimate of drug-likeness (QED) is 0.875. The Labute approximate surface area is 133 Å². The standard InChI is InChI=1S/C18H27N3O/c19-17-8-7-16(11-17)18(22)20-12-14-3-5-15(6-4-14)13-21-9-1-2-10-21/h3-6,16-17H,1-2,7-13,19H2,(H,20,22). The number of carbonyl (C=O) groups excluding carboxylic acids is 1. The molecule has 1 aromatic carbocycles. The second kappa shape index (κ2) is 7.25. The van der Waals surface area contributed by atoms with Crippen LogP contribution in [0.25, 0.3) is 0 Å². The van der Waals surface area contributed by atoms with E-state index in [0.29, 0.717) is 6.54 Å². The molecule has 1 aromatic rings. The average Bonchev–Trinajstić information content (AvgIpc) is 3.18. The van der Waals surface area contributed by atoms with Crippen LogP contribution in [0, 0.1) is 5.92 Å². The van der Waals surface area contributed by atoms with Crippen molar-refractivity contribution in [2.45, 2.75) is 51.2 Å². The Morgan fingerprint density at radius 3 is 2.45 bits per heavy atom. The van der Waals surface area contributed by atoms with Crippen LogP contribution >= 0.6 is 0 Å². The van der Waals surface area contributed by atoms with Crippen molar-refractivity contribution in [1.29, 1.82) is 0 Å². The summed E-state index contributed by atoms with van der Waals surface area (Å²) in [7, 11) is 0. The second-order valence-corrected chi connectivity index (χ2v) is 6.79. The Balaban J connectivity index is 1.45. The molecule has 2 fully saturated rings. The van der Waals surface area contributed by atoms with Crippen molar-refractivity contribution in [3.63, 3.8) is 0 Å². The van der Waals surface area contributed by atoms with Gasteiger partial charge in [0.05, 0.1) is 0 Å². The van der Waals surface area contributed by atoms with Crippen molar-refractivity contribution < 1.29 is 4.79 Å². The highest BCUT2D eigenvalue weighted by atomic mass is 16.1. The van der Waals surface area contributed by atoms with Crippen molar-refractivity contribution in [2.24, 2.45) is 11.7 Å². The number of carbonyl (C=O) groups is 1. The summed E-state index contributed by atoms with van der Waals surface area (Å²) in [5.74, 6) is 0.276. The molecule has 3 N–H and O–H groups in total. The Kier molecular flexibility index (Phi) is 5.11. The van der Waals surface area contributed by atoms with Crippen LogP contribution in [0.15, 0.2) is 24.3 Å². The molecule has 2 aliphatic rings. The first-order valence-corrected chi connectivity index (χ1v) is 8.54. The summed E-state index contributed by atoms with van der Waals surface area (Å²) in [6, 6.07) is 8.84. The predicted octanol–water partition coefficient (Wildman–Crippen LogP) is 2.03. The van der Waals surface area contributed by atoms with Gasteiger partial charge in [0.15, 0.2) is 0 Å². The van der Waals surface area contributed by atoms with Gasteiger partial charge in [-0.25, -0.2) is 0 Å². The molecule has 0 aromatic heterocycles. The number of nitrogens with two attached hydrogens (primary N) is 1. The molecule has 4 heteroatoms. The van der Waals surface area contributed by atoms with Crippen molar-refractivity contribution in [3.8, 4) is 0 Å². The highest BCUT2D eigenvalue weighted by Gasteiger charge is 2.27. The number of nitrogens with one attached hydrogen (secondary N) is 1. The lowest BCUT2D eigenvalue weighted by atomic mass is 10.1. The van der Waals surface area contributed by atoms with Crippen LogP contribution in [0.5, 0.6) is 0 Å². The molecule has 1 heterocycles. The zero-order valence-corrected chi connectivity index (χ0v) is 13.3. The molecule has 0 bridgehead atoms. The third-order valence-electron chi connectivity index (χ3n) is 4.94. The minimum Gasteiger partial charge on any atom is -0.352 e. The van der Waals surface area contributed by atoms with Crippen LogP contribution in [0.4, 0.5) is 0 Å². The summed E-state index contributed by atoms with van der Waals surface area (Å²) < 4.78 is 0. The van der Waals surface area contributed by atoms with Crippen LogP contribution in [-0.2, 0) is 17.9 Å². The molecule has 1 aliphatic heterocycles. The molecule has 3 rings (SSSR count). The molecular weight excluding hydrogens is 274 g/mol. The van der Waals surface area contributed by atoms with Crippen LogP contribution in [0.2, 0.25) is 0 Å². The SMILES string of the molecule is NC1CCC(C(=O)NCc2ccc(CN3CCCC3)cc2)C1. The first kappa shape index (κ1) is 15.5. The summed E-state index contributed by atoms with van der Waals surface area (Å²) in [5, 5.41) is 3.05. The van der Waals surface area contributed by atoms with Gasteiger partial charge in [-0.3, -0.25) is 9.69 Å². The van der Waals surface area contributed by atoms with Gasteiger partial charge in [-0.1, -0.05) is 24.3 Å². The number of benzene rings is 1. The molecule has 1 amide bonds. The Hall–Kier alpha value is -1.39. The molecule has 1 saturated heterocycles. The molecule has 1 aliphatic carbocycles. The Morgan fingerprint density at radius 2 is 1.82 bits per heavy atom. The van der Waals surface area contributed by atoms with E-state index in [1.165, 1.54) is 37.1 Å². The van der Waals surface area contributed by atoms with Gasteiger partial charge in [0.2, 0.25) is 5.91 Å². The van der Waals surface area contributed by atoms with Crippen LogP contribution < -0.4 is 11.1 Å². The minimum atomic E-state index is 0.115. The number of hydrogen-bond acceptors (Lipinski definition) is 3. The van der Waals surface area contributed by atoms with E-state index in [-0.39, 0.29) is 17.9 Å². The molecular formula is C18H27N3O. The second-order valence-electron chi connectivity index (χ2n) is 6.79. The first-order valence-electron chi connectivity index (χ1n) is 8.54. The summed E-state index contributed by atoms with van der Waals surface area (Å²) in [6.07, 6.45) is 5.40. The van der Waals surface area contributed by atoms with Crippen LogP contribution in [0.1, 0.15) is 43.2 Å². The van der Waals surface area contributed by atoms with Crippen molar-refractivity contribution >= 4 is 5.91 Å². The molecule has 22 heavy (non-hydrogen) atoms. The number of rotatable bonds is 5. The topological polar surface area (TPSA) is 58.4 Å². The summed E-state index contributed by atoms with van der Waals surface area (Å²) in [5.41, 5.74) is 8.40. The zero-order valence-electron chi connectivity index (χ0n) is 13.3. The molecule has 0 spiro atoms. The highest BCUT2D eigenvalue weighted by molar-refractivity contribution is 5.79. The lowest BCUT2D eigenvalue weighted by Crippen LogP contribution is -2.30. The van der Waals surface area contributed by atoms with E-state index < -0.39 is 0 Å². The lowest BCUT2D eigenvalue weighted by Gasteiger charge is -2.15. The molecule has 4 nitrogen and oxygen atoms in total. The largest absolute Gasteiger partial charge is 0.352 e. The van der Waals surface area contributed by atoms with Gasteiger partial charge < -0.3 is 11.1 Å². The lowest BCUT2D eigenvalue weighted by molar-refractivity contribution is -0.125. The summed E-state index contributed by atoms with van der Waals surface area (Å²) in [4.78, 5) is 14.6. The maximum Gasteiger partial charge on any atom is 0.223 e. The van der Waals surface area contributed by atoms with E-state index in [9.17, 15) is 4.79 Å². The van der Waals surface area contributed by atoms with E-state index in [4.69, 9.17) is 5.73 Å². The maximum absolute atomic E-state index is 12.1. The fraction of sp³-hybridized carbons (Fsp3) is 0.611. The van der Waals surface area contributed by atoms with Crippen molar-refractivity contribution in [1.82, 2.24) is 10.2 Å². The Bertz CT molecular complexity index is 494. The maximum atomic E-state index is 12.1. The van der Waals surface area contributed by atoms with Crippen LogP contribution in [0.3, 0.4) is 0 Å². The fourth-order valence-electron chi connectivity index (χ4n) is 3.55. The van der Waals surface area contributed by atoms with Crippen LogP contribution in [-0.4, -0.2) is 29.9 Å². The monoisotopic (exact) mass is 301 g/mol. The summed E-state index contributed by atoms with van der Waals surface area (Å²) >= 11 is 0. The third-order valence-corrected chi connectivity index (χ3v) is 4.94. The number of nitrogens with zero attached hydrogens (tertiary/aromatic N) is 1. The Morgan fingerprint density at radius 1 is 1.14 bits per heavy atom. The van der Waals surface area contributed by atoms with E-state index in [0.717, 1.165) is 25.8 Å². The van der Waals surface area contributed by atoms with Gasteiger partial charge in [-0.15, -0.1) is 0 Å². The first-order chi connectivity index (χ1) is 10.7. The van der Waals surface area contributed by atoms with Gasteiger partial charge in [0.1, 0.15) is 0 Å². The fourth-order valence-corrected chi connectivity index (χ4v) is 3.55. The van der Waals surface area contributed by atoms with Gasteiger partial charge in [-0.05, 0) is 56.3 Å². The van der Waals surface area contributed by atoms with Gasteiger partial charge in [0.25, 0.3) is 0 Å². The molecule has 120 valence electrons. The summed E-state index contributed by atoms with van der Waals surface area (Å²) in [6.45, 7) is 4.11. The number of hydrogen-bond donors (Lipinski definition) is 2. The third kappa shape index (κ3) is 4.08. The normalized spacial score (nSPS) is 25.5. The van der Waals surface area contributed by atoms with Crippen molar-refractivity contribution in [3.05, 3.63) is 35.4 Å². The zero-order chi connectivity index (χ0) is 15.4. The number of likely N-dealkylation sites (tertiary alicyclic amines) is 1. The van der Waals surface area contributed by atoms with Gasteiger partial charge in [0, 0.05) is 25.0 Å². The average molecular weight is 301 g/mol. The molecule has 2 unspecified atom stereocenters. The smallest absolute Gasteiger partial charge is 0.223 e. The minimum absolute atomic E-state index is 0.115. The number of amides is 1. The highest BCUT2D eigenvalue weighted by Crippen LogP contribution is 2.24. The molecule has 0 radical (unpaired) electrons. The molecule has 1 saturated carbocycles. The van der Waals surface area contributed by atoms with E-state index in [2.05, 4.69) is 34.5 Å². The van der Waals surface area contributed by atoms with E-state index in [1.807, 2.05) is 0 Å². The van der Waals surface area contributed by atoms with Gasteiger partial charge in [-0.2, -0.15) is 0 Å². The van der Waals surface area contributed by atoms with E-state index >= 15 is 0 Å². The molecule has 2 atom stereocenters. The predicted molar refractivity (Wildman–Crippen MR) is 88.1 cm³/mol. The van der Waals surface area contributed by atoms with Crippen molar-refractivity contribution in [2.75, 3.05) is 13.1 Å². The van der Waals surface area contributed by atoms with Gasteiger partial charge >= 0.3 is 0 Å². The van der Waals surface area contributed by atoms with E-state index in [1.54, 1.807) is 0 Å².